The predicted octanol–water partition coefficient (Wildman–Crippen LogP) is 2.65. The van der Waals surface area contributed by atoms with Gasteiger partial charge in [-0.2, -0.15) is 0 Å². The van der Waals surface area contributed by atoms with E-state index in [2.05, 4.69) is 48.3 Å². The van der Waals surface area contributed by atoms with Gasteiger partial charge in [0.15, 0.2) is 0 Å². The second kappa shape index (κ2) is 6.91. The zero-order valence-corrected chi connectivity index (χ0v) is 11.8. The molecular weight excluding hydrogens is 220 g/mol. The first-order valence-corrected chi connectivity index (χ1v) is 7.36. The standard InChI is InChI=1S/C16H26N2/c1-3-18(4-2)11-7-10-17-13-15-12-14-8-5-6-9-16(14)15/h5-6,8-9,15,17H,3-4,7,10-13H2,1-2H3. The van der Waals surface area contributed by atoms with E-state index in [0.717, 1.165) is 19.0 Å². The lowest BCUT2D eigenvalue weighted by Gasteiger charge is -2.30. The van der Waals surface area contributed by atoms with Crippen molar-refractivity contribution in [2.75, 3.05) is 32.7 Å². The summed E-state index contributed by atoms with van der Waals surface area (Å²) >= 11 is 0. The van der Waals surface area contributed by atoms with E-state index in [9.17, 15) is 0 Å². The molecule has 2 heteroatoms. The molecule has 1 atom stereocenters. The topological polar surface area (TPSA) is 15.3 Å². The molecule has 1 aromatic rings. The van der Waals surface area contributed by atoms with Crippen LogP contribution in [-0.2, 0) is 6.42 Å². The summed E-state index contributed by atoms with van der Waals surface area (Å²) < 4.78 is 0. The molecule has 1 aliphatic rings. The third kappa shape index (κ3) is 3.33. The van der Waals surface area contributed by atoms with Crippen LogP contribution in [0.4, 0.5) is 0 Å². The summed E-state index contributed by atoms with van der Waals surface area (Å²) in [6.45, 7) is 10.3. The maximum absolute atomic E-state index is 3.61. The molecule has 0 spiro atoms. The van der Waals surface area contributed by atoms with Crippen LogP contribution in [-0.4, -0.2) is 37.6 Å². The van der Waals surface area contributed by atoms with Crippen molar-refractivity contribution in [2.45, 2.75) is 32.6 Å². The Labute approximate surface area is 111 Å². The smallest absolute Gasteiger partial charge is 0.00234 e. The van der Waals surface area contributed by atoms with Crippen molar-refractivity contribution in [3.8, 4) is 0 Å². The Morgan fingerprint density at radius 2 is 2.00 bits per heavy atom. The van der Waals surface area contributed by atoms with Crippen molar-refractivity contribution in [2.24, 2.45) is 0 Å². The first-order chi connectivity index (χ1) is 8.85. The summed E-state index contributed by atoms with van der Waals surface area (Å²) in [6.07, 6.45) is 2.52. The largest absolute Gasteiger partial charge is 0.316 e. The van der Waals surface area contributed by atoms with Gasteiger partial charge < -0.3 is 10.2 Å². The van der Waals surface area contributed by atoms with Gasteiger partial charge in [0, 0.05) is 12.5 Å². The van der Waals surface area contributed by atoms with Crippen molar-refractivity contribution in [1.29, 1.82) is 0 Å². The van der Waals surface area contributed by atoms with Gasteiger partial charge in [0.1, 0.15) is 0 Å². The number of nitrogens with zero attached hydrogens (tertiary/aromatic N) is 1. The SMILES string of the molecule is CCN(CC)CCCNCC1Cc2ccccc21. The molecule has 2 rings (SSSR count). The summed E-state index contributed by atoms with van der Waals surface area (Å²) in [5, 5.41) is 3.61. The molecule has 100 valence electrons. The molecule has 0 bridgehead atoms. The van der Waals surface area contributed by atoms with E-state index in [1.165, 1.54) is 32.5 Å². The number of benzene rings is 1. The molecule has 1 N–H and O–H groups in total. The van der Waals surface area contributed by atoms with Gasteiger partial charge in [-0.3, -0.25) is 0 Å². The van der Waals surface area contributed by atoms with Crippen LogP contribution in [0.3, 0.4) is 0 Å². The third-order valence-corrected chi connectivity index (χ3v) is 4.07. The van der Waals surface area contributed by atoms with Gasteiger partial charge in [-0.15, -0.1) is 0 Å². The van der Waals surface area contributed by atoms with Gasteiger partial charge in [0.05, 0.1) is 0 Å². The van der Waals surface area contributed by atoms with E-state index in [0.29, 0.717) is 0 Å². The van der Waals surface area contributed by atoms with E-state index in [-0.39, 0.29) is 0 Å². The Bertz CT molecular complexity index is 358. The number of fused-ring (bicyclic) bond motifs is 1. The second-order valence-electron chi connectivity index (χ2n) is 5.18. The molecule has 0 radical (unpaired) electrons. The van der Waals surface area contributed by atoms with Crippen LogP contribution in [0, 0.1) is 0 Å². The number of nitrogens with one attached hydrogen (secondary N) is 1. The molecule has 0 saturated heterocycles. The molecule has 0 aliphatic heterocycles. The zero-order chi connectivity index (χ0) is 12.8. The van der Waals surface area contributed by atoms with Crippen LogP contribution >= 0.6 is 0 Å². The van der Waals surface area contributed by atoms with Gasteiger partial charge in [-0.1, -0.05) is 38.1 Å². The minimum Gasteiger partial charge on any atom is -0.316 e. The van der Waals surface area contributed by atoms with Crippen molar-refractivity contribution in [3.63, 3.8) is 0 Å². The zero-order valence-electron chi connectivity index (χ0n) is 11.8. The van der Waals surface area contributed by atoms with E-state index >= 15 is 0 Å². The quantitative estimate of drug-likeness (QED) is 0.709. The maximum atomic E-state index is 3.61. The summed E-state index contributed by atoms with van der Waals surface area (Å²) in [5.74, 6) is 0.759. The van der Waals surface area contributed by atoms with E-state index < -0.39 is 0 Å². The normalized spacial score (nSPS) is 17.6. The monoisotopic (exact) mass is 246 g/mol. The van der Waals surface area contributed by atoms with Crippen LogP contribution < -0.4 is 5.32 Å². The summed E-state index contributed by atoms with van der Waals surface area (Å²) in [5.41, 5.74) is 3.11. The van der Waals surface area contributed by atoms with Gasteiger partial charge in [-0.05, 0) is 50.1 Å². The fourth-order valence-electron chi connectivity index (χ4n) is 2.79. The Kier molecular flexibility index (Phi) is 5.21. The van der Waals surface area contributed by atoms with E-state index in [4.69, 9.17) is 0 Å². The average molecular weight is 246 g/mol. The van der Waals surface area contributed by atoms with E-state index in [1.807, 2.05) is 0 Å². The molecule has 18 heavy (non-hydrogen) atoms. The highest BCUT2D eigenvalue weighted by atomic mass is 15.1. The molecular formula is C16H26N2. The first kappa shape index (κ1) is 13.6. The van der Waals surface area contributed by atoms with Gasteiger partial charge >= 0.3 is 0 Å². The molecule has 0 heterocycles. The fourth-order valence-corrected chi connectivity index (χ4v) is 2.79. The number of hydrogen-bond donors (Lipinski definition) is 1. The minimum atomic E-state index is 0.759. The lowest BCUT2D eigenvalue weighted by Crippen LogP contribution is -2.31. The van der Waals surface area contributed by atoms with Crippen molar-refractivity contribution in [1.82, 2.24) is 10.2 Å². The predicted molar refractivity (Wildman–Crippen MR) is 78.2 cm³/mol. The van der Waals surface area contributed by atoms with Crippen LogP contribution in [0.15, 0.2) is 24.3 Å². The lowest BCUT2D eigenvalue weighted by molar-refractivity contribution is 0.297. The molecule has 0 fully saturated rings. The van der Waals surface area contributed by atoms with Crippen molar-refractivity contribution >= 4 is 0 Å². The second-order valence-corrected chi connectivity index (χ2v) is 5.18. The van der Waals surface area contributed by atoms with Crippen molar-refractivity contribution in [3.05, 3.63) is 35.4 Å². The Hall–Kier alpha value is -0.860. The van der Waals surface area contributed by atoms with Gasteiger partial charge in [0.25, 0.3) is 0 Å². The molecule has 2 nitrogen and oxygen atoms in total. The van der Waals surface area contributed by atoms with Crippen molar-refractivity contribution < 1.29 is 0 Å². The Balaban J connectivity index is 1.58. The summed E-state index contributed by atoms with van der Waals surface area (Å²) in [6, 6.07) is 8.84. The molecule has 1 unspecified atom stereocenters. The summed E-state index contributed by atoms with van der Waals surface area (Å²) in [4.78, 5) is 2.49. The van der Waals surface area contributed by atoms with E-state index in [1.54, 1.807) is 11.1 Å². The molecule has 1 aromatic carbocycles. The highest BCUT2D eigenvalue weighted by Gasteiger charge is 2.24. The maximum Gasteiger partial charge on any atom is 0.00234 e. The van der Waals surface area contributed by atoms with Crippen LogP contribution in [0.5, 0.6) is 0 Å². The van der Waals surface area contributed by atoms with Crippen LogP contribution in [0.2, 0.25) is 0 Å². The van der Waals surface area contributed by atoms with Gasteiger partial charge in [0.2, 0.25) is 0 Å². The van der Waals surface area contributed by atoms with Crippen LogP contribution in [0.1, 0.15) is 37.3 Å². The summed E-state index contributed by atoms with van der Waals surface area (Å²) in [7, 11) is 0. The van der Waals surface area contributed by atoms with Crippen LogP contribution in [0.25, 0.3) is 0 Å². The molecule has 1 aliphatic carbocycles. The minimum absolute atomic E-state index is 0.759. The first-order valence-electron chi connectivity index (χ1n) is 7.36. The average Bonchev–Trinajstić information content (AvgIpc) is 2.38. The van der Waals surface area contributed by atoms with Gasteiger partial charge in [-0.25, -0.2) is 0 Å². The fraction of sp³-hybridized carbons (Fsp3) is 0.625. The highest BCUT2D eigenvalue weighted by Crippen LogP contribution is 2.33. The molecule has 0 amide bonds. The Morgan fingerprint density at radius 3 is 2.72 bits per heavy atom. The molecule has 0 aromatic heterocycles. The molecule has 0 saturated carbocycles. The lowest BCUT2D eigenvalue weighted by atomic mass is 9.77. The third-order valence-electron chi connectivity index (χ3n) is 4.07. The number of hydrogen-bond acceptors (Lipinski definition) is 2. The Morgan fingerprint density at radius 1 is 1.22 bits per heavy atom. The number of rotatable bonds is 8. The highest BCUT2D eigenvalue weighted by molar-refractivity contribution is 5.40.